The predicted molar refractivity (Wildman–Crippen MR) is 168 cm³/mol. The molecule has 6 aromatic rings. The second kappa shape index (κ2) is 12.3. The average Bonchev–Trinajstić information content (AvgIpc) is 3.57. The van der Waals surface area contributed by atoms with Crippen LogP contribution in [0.4, 0.5) is 0 Å². The molecular formula is C32H24Cl2N4O4S. The molecule has 0 unspecified atom stereocenters. The van der Waals surface area contributed by atoms with Crippen molar-refractivity contribution in [2.75, 3.05) is 0 Å². The lowest BCUT2D eigenvalue weighted by Crippen LogP contribution is -2.12. The SMILES string of the molecule is CC.N#Cc1cn(CC(=O)c2cn(S(=O)(=O)c3ccccc3)c3cc(Oc4cccnc4)ccc23)c2cc(Cl)c(Cl)cc12. The van der Waals surface area contributed by atoms with Gasteiger partial charge in [0.25, 0.3) is 10.0 Å². The summed E-state index contributed by atoms with van der Waals surface area (Å²) in [5, 5.41) is 11.2. The third-order valence-electron chi connectivity index (χ3n) is 6.57. The summed E-state index contributed by atoms with van der Waals surface area (Å²) in [7, 11) is -4.07. The van der Waals surface area contributed by atoms with Gasteiger partial charge in [-0.05, 0) is 48.5 Å². The van der Waals surface area contributed by atoms with Gasteiger partial charge in [-0.3, -0.25) is 9.78 Å². The van der Waals surface area contributed by atoms with Gasteiger partial charge in [-0.1, -0.05) is 55.2 Å². The number of fused-ring (bicyclic) bond motifs is 2. The summed E-state index contributed by atoms with van der Waals surface area (Å²) in [5.74, 6) is 0.470. The molecule has 0 aliphatic heterocycles. The van der Waals surface area contributed by atoms with E-state index in [4.69, 9.17) is 27.9 Å². The van der Waals surface area contributed by atoms with Gasteiger partial charge in [0.1, 0.15) is 17.6 Å². The molecule has 0 saturated heterocycles. The quantitative estimate of drug-likeness (QED) is 0.165. The number of halogens is 2. The number of hydrogen-bond acceptors (Lipinski definition) is 6. The third kappa shape index (κ3) is 5.73. The first kappa shape index (κ1) is 29.9. The molecule has 11 heteroatoms. The summed E-state index contributed by atoms with van der Waals surface area (Å²) >= 11 is 12.4. The van der Waals surface area contributed by atoms with Crippen LogP contribution in [0.2, 0.25) is 10.0 Å². The van der Waals surface area contributed by atoms with Crippen LogP contribution in [0.15, 0.2) is 102 Å². The van der Waals surface area contributed by atoms with Crippen molar-refractivity contribution in [3.63, 3.8) is 0 Å². The van der Waals surface area contributed by atoms with E-state index >= 15 is 0 Å². The molecule has 6 rings (SSSR count). The first-order valence-electron chi connectivity index (χ1n) is 13.2. The Balaban J connectivity index is 0.00000180. The van der Waals surface area contributed by atoms with Crippen LogP contribution in [0.25, 0.3) is 21.8 Å². The average molecular weight is 632 g/mol. The van der Waals surface area contributed by atoms with Gasteiger partial charge in [-0.15, -0.1) is 0 Å². The number of ether oxygens (including phenoxy) is 1. The monoisotopic (exact) mass is 630 g/mol. The molecule has 0 saturated carbocycles. The van der Waals surface area contributed by atoms with Crippen LogP contribution in [0, 0.1) is 11.3 Å². The van der Waals surface area contributed by atoms with Gasteiger partial charge in [-0.25, -0.2) is 12.4 Å². The van der Waals surface area contributed by atoms with E-state index in [1.165, 1.54) is 24.5 Å². The number of pyridine rings is 1. The van der Waals surface area contributed by atoms with E-state index in [2.05, 4.69) is 11.1 Å². The number of benzene rings is 3. The highest BCUT2D eigenvalue weighted by molar-refractivity contribution is 7.90. The summed E-state index contributed by atoms with van der Waals surface area (Å²) in [5.41, 5.74) is 1.34. The Labute approximate surface area is 258 Å². The Kier molecular flexibility index (Phi) is 8.55. The number of aromatic nitrogens is 3. The van der Waals surface area contributed by atoms with E-state index in [0.717, 1.165) is 3.97 Å². The minimum atomic E-state index is -4.07. The number of nitriles is 1. The molecule has 0 fully saturated rings. The highest BCUT2D eigenvalue weighted by atomic mass is 35.5. The summed E-state index contributed by atoms with van der Waals surface area (Å²) in [6.07, 6.45) is 6.02. The highest BCUT2D eigenvalue weighted by Gasteiger charge is 2.25. The van der Waals surface area contributed by atoms with Crippen LogP contribution in [0.1, 0.15) is 29.8 Å². The van der Waals surface area contributed by atoms with Crippen molar-refractivity contribution in [2.24, 2.45) is 0 Å². The van der Waals surface area contributed by atoms with E-state index < -0.39 is 10.0 Å². The van der Waals surface area contributed by atoms with Crippen molar-refractivity contribution in [2.45, 2.75) is 25.3 Å². The smallest absolute Gasteiger partial charge is 0.268 e. The molecule has 0 N–H and O–H groups in total. The lowest BCUT2D eigenvalue weighted by atomic mass is 10.1. The number of rotatable bonds is 7. The molecular weight excluding hydrogens is 607 g/mol. The summed E-state index contributed by atoms with van der Waals surface area (Å²) in [6.45, 7) is 3.83. The lowest BCUT2D eigenvalue weighted by molar-refractivity contribution is 0.0975. The Hall–Kier alpha value is -4.62. The van der Waals surface area contributed by atoms with Gasteiger partial charge in [-0.2, -0.15) is 5.26 Å². The number of Topliss-reactive ketones (excluding diaryl/α,β-unsaturated/α-hetero) is 1. The maximum Gasteiger partial charge on any atom is 0.268 e. The van der Waals surface area contributed by atoms with Gasteiger partial charge in [0, 0.05) is 41.0 Å². The van der Waals surface area contributed by atoms with Crippen molar-refractivity contribution >= 4 is 60.8 Å². The fourth-order valence-electron chi connectivity index (χ4n) is 4.66. The molecule has 0 radical (unpaired) electrons. The van der Waals surface area contributed by atoms with E-state index in [0.29, 0.717) is 38.4 Å². The summed E-state index contributed by atoms with van der Waals surface area (Å²) in [6, 6.07) is 21.6. The molecule has 0 spiro atoms. The lowest BCUT2D eigenvalue weighted by Gasteiger charge is -2.09. The Morgan fingerprint density at radius 3 is 2.35 bits per heavy atom. The van der Waals surface area contributed by atoms with E-state index in [1.54, 1.807) is 77.6 Å². The molecule has 3 aromatic heterocycles. The van der Waals surface area contributed by atoms with E-state index in [9.17, 15) is 18.5 Å². The third-order valence-corrected chi connectivity index (χ3v) is 8.98. The number of ketones is 1. The maximum absolute atomic E-state index is 13.8. The van der Waals surface area contributed by atoms with Crippen LogP contribution >= 0.6 is 23.2 Å². The molecule has 216 valence electrons. The van der Waals surface area contributed by atoms with Crippen LogP contribution in [0.5, 0.6) is 11.5 Å². The zero-order chi connectivity index (χ0) is 30.7. The topological polar surface area (TPSA) is 107 Å². The van der Waals surface area contributed by atoms with Gasteiger partial charge in [0.15, 0.2) is 5.78 Å². The fraction of sp³-hybridized carbons (Fsp3) is 0.0938. The zero-order valence-electron chi connectivity index (χ0n) is 23.0. The molecule has 0 bridgehead atoms. The van der Waals surface area contributed by atoms with Crippen molar-refractivity contribution in [3.05, 3.63) is 119 Å². The summed E-state index contributed by atoms with van der Waals surface area (Å²) in [4.78, 5) is 17.9. The number of nitrogens with zero attached hydrogens (tertiary/aromatic N) is 4. The number of carbonyl (C=O) groups is 1. The second-order valence-electron chi connectivity index (χ2n) is 9.12. The summed E-state index contributed by atoms with van der Waals surface area (Å²) < 4.78 is 36.1. The van der Waals surface area contributed by atoms with Crippen LogP contribution in [0.3, 0.4) is 0 Å². The normalized spacial score (nSPS) is 11.1. The highest BCUT2D eigenvalue weighted by Crippen LogP contribution is 2.34. The Bertz CT molecular complexity index is 2120. The predicted octanol–water partition coefficient (Wildman–Crippen LogP) is 8.11. The first-order chi connectivity index (χ1) is 20.8. The van der Waals surface area contributed by atoms with Crippen molar-refractivity contribution in [1.29, 1.82) is 5.26 Å². The van der Waals surface area contributed by atoms with Crippen LogP contribution in [-0.4, -0.2) is 27.7 Å². The van der Waals surface area contributed by atoms with E-state index in [-0.39, 0.29) is 33.3 Å². The van der Waals surface area contributed by atoms with Crippen LogP contribution < -0.4 is 4.74 Å². The molecule has 3 heterocycles. The maximum atomic E-state index is 13.8. The molecule has 0 amide bonds. The van der Waals surface area contributed by atoms with Crippen molar-refractivity contribution < 1.29 is 17.9 Å². The molecule has 43 heavy (non-hydrogen) atoms. The van der Waals surface area contributed by atoms with Crippen molar-refractivity contribution in [3.8, 4) is 17.6 Å². The molecule has 0 aliphatic carbocycles. The fourth-order valence-corrected chi connectivity index (χ4v) is 6.36. The standard InChI is InChI=1S/C30H18Cl2N4O4S.C2H6/c31-26-12-24-19(14-33)16-35(28(24)13-27(26)32)18-30(37)25-17-36(41(38,39)22-6-2-1-3-7-22)29-11-20(8-9-23(25)29)40-21-5-4-10-34-15-21;1-2/h1-13,15-17H,18H2;1-2H3. The zero-order valence-corrected chi connectivity index (χ0v) is 25.4. The van der Waals surface area contributed by atoms with Gasteiger partial charge in [0.05, 0.1) is 44.3 Å². The van der Waals surface area contributed by atoms with Crippen molar-refractivity contribution in [1.82, 2.24) is 13.5 Å². The second-order valence-corrected chi connectivity index (χ2v) is 11.7. The van der Waals surface area contributed by atoms with Gasteiger partial charge in [0.2, 0.25) is 0 Å². The van der Waals surface area contributed by atoms with Gasteiger partial charge >= 0.3 is 0 Å². The van der Waals surface area contributed by atoms with Gasteiger partial charge < -0.3 is 9.30 Å². The Morgan fingerprint density at radius 1 is 0.907 bits per heavy atom. The molecule has 8 nitrogen and oxygen atoms in total. The van der Waals surface area contributed by atoms with Crippen LogP contribution in [-0.2, 0) is 16.6 Å². The first-order valence-corrected chi connectivity index (χ1v) is 15.4. The number of hydrogen-bond donors (Lipinski definition) is 0. The van der Waals surface area contributed by atoms with E-state index in [1.807, 2.05) is 13.8 Å². The molecule has 0 aliphatic rings. The minimum absolute atomic E-state index is 0.0658. The largest absolute Gasteiger partial charge is 0.456 e. The molecule has 0 atom stereocenters. The minimum Gasteiger partial charge on any atom is -0.456 e. The Morgan fingerprint density at radius 2 is 1.65 bits per heavy atom. The molecule has 3 aromatic carbocycles. The number of carbonyl (C=O) groups excluding carboxylic acids is 1.